The van der Waals surface area contributed by atoms with Crippen LogP contribution in [0.4, 0.5) is 13.2 Å². The molecule has 156 valence electrons. The number of piperazine rings is 1. The van der Waals surface area contributed by atoms with Crippen molar-refractivity contribution in [2.24, 2.45) is 5.92 Å². The second kappa shape index (κ2) is 10.6. The lowest BCUT2D eigenvalue weighted by molar-refractivity contribution is -0.274. The lowest BCUT2D eigenvalue weighted by atomic mass is 9.85. The van der Waals surface area contributed by atoms with E-state index in [0.29, 0.717) is 18.8 Å². The fourth-order valence-electron chi connectivity index (χ4n) is 3.71. The summed E-state index contributed by atoms with van der Waals surface area (Å²) in [5.74, 6) is -0.0732. The normalized spacial score (nSPS) is 20.3. The summed E-state index contributed by atoms with van der Waals surface area (Å²) in [4.78, 5) is 2.24. The molecule has 0 saturated carbocycles. The quantitative estimate of drug-likeness (QED) is 0.762. The number of hydrogen-bond acceptors (Lipinski definition) is 5. The molecule has 27 heavy (non-hydrogen) atoms. The number of phenols is 1. The highest BCUT2D eigenvalue weighted by atomic mass is 35.5. The number of nitrogens with one attached hydrogen (secondary N) is 1. The van der Waals surface area contributed by atoms with Gasteiger partial charge in [0.15, 0.2) is 0 Å². The van der Waals surface area contributed by atoms with Crippen molar-refractivity contribution in [1.82, 2.24) is 10.2 Å². The van der Waals surface area contributed by atoms with E-state index in [-0.39, 0.29) is 48.3 Å². The second-order valence-corrected chi connectivity index (χ2v) is 6.45. The number of alkyl halides is 3. The van der Waals surface area contributed by atoms with Crippen LogP contribution in [0.3, 0.4) is 0 Å². The molecule has 2 N–H and O–H groups in total. The van der Waals surface area contributed by atoms with E-state index in [1.165, 1.54) is 12.1 Å². The minimum absolute atomic E-state index is 0. The van der Waals surface area contributed by atoms with Gasteiger partial charge in [0.25, 0.3) is 0 Å². The van der Waals surface area contributed by atoms with Crippen LogP contribution in [-0.4, -0.2) is 55.8 Å². The van der Waals surface area contributed by atoms with Gasteiger partial charge in [-0.1, -0.05) is 0 Å². The summed E-state index contributed by atoms with van der Waals surface area (Å²) < 4.78 is 47.2. The SMILES string of the molecule is Cl.Cl.Oc1ccc(OC(F)(F)F)cc1[C@@H](C1CCOCC1)N1CCNCC1. The van der Waals surface area contributed by atoms with Crippen LogP contribution in [0.25, 0.3) is 0 Å². The van der Waals surface area contributed by atoms with Crippen molar-refractivity contribution in [3.8, 4) is 11.5 Å². The van der Waals surface area contributed by atoms with Crippen molar-refractivity contribution in [2.45, 2.75) is 25.2 Å². The fraction of sp³-hybridized carbons (Fsp3) is 0.647. The Bertz CT molecular complexity index is 563. The molecule has 1 atom stereocenters. The third-order valence-electron chi connectivity index (χ3n) is 4.81. The topological polar surface area (TPSA) is 54.0 Å². The minimum Gasteiger partial charge on any atom is -0.508 e. The minimum atomic E-state index is -4.75. The van der Waals surface area contributed by atoms with Gasteiger partial charge in [0.1, 0.15) is 11.5 Å². The first-order chi connectivity index (χ1) is 11.9. The number of aromatic hydroxyl groups is 1. The van der Waals surface area contributed by atoms with Crippen molar-refractivity contribution in [3.63, 3.8) is 0 Å². The summed E-state index contributed by atoms with van der Waals surface area (Å²) in [5, 5.41) is 13.6. The van der Waals surface area contributed by atoms with E-state index in [1.54, 1.807) is 0 Å². The number of phenolic OH excluding ortho intramolecular Hbond substituents is 1. The molecule has 2 fully saturated rings. The molecule has 0 aliphatic carbocycles. The molecular formula is C17H25Cl2F3N2O3. The first kappa shape index (κ1) is 24.1. The monoisotopic (exact) mass is 432 g/mol. The predicted molar refractivity (Wildman–Crippen MR) is 100 cm³/mol. The number of nitrogens with zero attached hydrogens (tertiary/aromatic N) is 1. The van der Waals surface area contributed by atoms with Crippen molar-refractivity contribution < 1.29 is 27.8 Å². The first-order valence-corrected chi connectivity index (χ1v) is 8.55. The average Bonchev–Trinajstić information content (AvgIpc) is 2.59. The van der Waals surface area contributed by atoms with Crippen molar-refractivity contribution in [2.75, 3.05) is 39.4 Å². The number of rotatable bonds is 4. The molecule has 0 radical (unpaired) electrons. The summed E-state index contributed by atoms with van der Waals surface area (Å²) in [5.41, 5.74) is 0.496. The lowest BCUT2D eigenvalue weighted by Gasteiger charge is -2.41. The molecular weight excluding hydrogens is 408 g/mol. The Labute approximate surface area is 169 Å². The molecule has 2 heterocycles. The number of ether oxygens (including phenoxy) is 2. The van der Waals surface area contributed by atoms with Crippen LogP contribution in [0.5, 0.6) is 11.5 Å². The van der Waals surface area contributed by atoms with E-state index >= 15 is 0 Å². The Morgan fingerprint density at radius 1 is 1.15 bits per heavy atom. The van der Waals surface area contributed by atoms with E-state index in [9.17, 15) is 18.3 Å². The van der Waals surface area contributed by atoms with Gasteiger partial charge in [-0.2, -0.15) is 0 Å². The zero-order valence-electron chi connectivity index (χ0n) is 14.7. The van der Waals surface area contributed by atoms with Crippen LogP contribution < -0.4 is 10.1 Å². The Morgan fingerprint density at radius 3 is 2.37 bits per heavy atom. The molecule has 0 bridgehead atoms. The number of halogens is 5. The maximum Gasteiger partial charge on any atom is 0.573 e. The van der Waals surface area contributed by atoms with E-state index in [2.05, 4.69) is 15.0 Å². The van der Waals surface area contributed by atoms with Crippen LogP contribution in [0.1, 0.15) is 24.4 Å². The van der Waals surface area contributed by atoms with Gasteiger partial charge in [-0.3, -0.25) is 4.90 Å². The first-order valence-electron chi connectivity index (χ1n) is 8.55. The predicted octanol–water partition coefficient (Wildman–Crippen LogP) is 3.51. The van der Waals surface area contributed by atoms with Gasteiger partial charge in [-0.15, -0.1) is 38.0 Å². The van der Waals surface area contributed by atoms with Gasteiger partial charge in [-0.25, -0.2) is 0 Å². The highest BCUT2D eigenvalue weighted by Crippen LogP contribution is 2.41. The molecule has 3 rings (SSSR count). The van der Waals surface area contributed by atoms with Crippen LogP contribution in [0, 0.1) is 5.92 Å². The summed E-state index contributed by atoms with van der Waals surface area (Å²) >= 11 is 0. The van der Waals surface area contributed by atoms with Crippen molar-refractivity contribution >= 4 is 24.8 Å². The number of hydrogen-bond donors (Lipinski definition) is 2. The van der Waals surface area contributed by atoms with Crippen molar-refractivity contribution in [3.05, 3.63) is 23.8 Å². The standard InChI is InChI=1S/C17H23F3N2O3.2ClH/c18-17(19,20)25-13-1-2-15(23)14(11-13)16(12-3-9-24-10-4-12)22-7-5-21-6-8-22;;/h1-2,11-12,16,21,23H,3-10H2;2*1H/t16-;;/m1../s1. The van der Waals surface area contributed by atoms with Gasteiger partial charge in [0, 0.05) is 51.0 Å². The molecule has 5 nitrogen and oxygen atoms in total. The molecule has 0 unspecified atom stereocenters. The highest BCUT2D eigenvalue weighted by Gasteiger charge is 2.35. The highest BCUT2D eigenvalue weighted by molar-refractivity contribution is 5.85. The zero-order chi connectivity index (χ0) is 17.9. The molecule has 2 aliphatic heterocycles. The Hall–Kier alpha value is -0.930. The third kappa shape index (κ3) is 6.57. The Morgan fingerprint density at radius 2 is 1.78 bits per heavy atom. The Kier molecular flexibility index (Phi) is 9.44. The summed E-state index contributed by atoms with van der Waals surface area (Å²) in [6, 6.07) is 3.60. The fourth-order valence-corrected chi connectivity index (χ4v) is 3.71. The second-order valence-electron chi connectivity index (χ2n) is 6.45. The summed E-state index contributed by atoms with van der Waals surface area (Å²) in [7, 11) is 0. The van der Waals surface area contributed by atoms with E-state index in [4.69, 9.17) is 4.74 Å². The Balaban J connectivity index is 0.00000182. The van der Waals surface area contributed by atoms with Gasteiger partial charge in [0.2, 0.25) is 0 Å². The smallest absolute Gasteiger partial charge is 0.508 e. The van der Waals surface area contributed by atoms with E-state index < -0.39 is 6.36 Å². The molecule has 1 aromatic carbocycles. The summed E-state index contributed by atoms with van der Waals surface area (Å²) in [6.07, 6.45) is -3.12. The molecule has 0 aromatic heterocycles. The van der Waals surface area contributed by atoms with Gasteiger partial charge in [-0.05, 0) is 37.0 Å². The molecule has 1 aromatic rings. The lowest BCUT2D eigenvalue weighted by Crippen LogP contribution is -2.47. The summed E-state index contributed by atoms with van der Waals surface area (Å²) in [6.45, 7) is 4.47. The van der Waals surface area contributed by atoms with Crippen LogP contribution >= 0.6 is 24.8 Å². The molecule has 10 heteroatoms. The van der Waals surface area contributed by atoms with Gasteiger partial charge < -0.3 is 19.9 Å². The maximum atomic E-state index is 12.6. The maximum absolute atomic E-state index is 12.6. The van der Waals surface area contributed by atoms with Crippen LogP contribution in [-0.2, 0) is 4.74 Å². The van der Waals surface area contributed by atoms with E-state index in [1.807, 2.05) is 0 Å². The molecule has 2 saturated heterocycles. The molecule has 0 spiro atoms. The van der Waals surface area contributed by atoms with Crippen molar-refractivity contribution in [1.29, 1.82) is 0 Å². The number of benzene rings is 1. The van der Waals surface area contributed by atoms with E-state index in [0.717, 1.165) is 45.1 Å². The largest absolute Gasteiger partial charge is 0.573 e. The van der Waals surface area contributed by atoms with Crippen LogP contribution in [0.2, 0.25) is 0 Å². The van der Waals surface area contributed by atoms with Crippen LogP contribution in [0.15, 0.2) is 18.2 Å². The molecule has 0 amide bonds. The van der Waals surface area contributed by atoms with Gasteiger partial charge in [0.05, 0.1) is 0 Å². The average molecular weight is 433 g/mol. The molecule has 2 aliphatic rings. The third-order valence-corrected chi connectivity index (χ3v) is 4.81. The zero-order valence-corrected chi connectivity index (χ0v) is 16.3. The van der Waals surface area contributed by atoms with Gasteiger partial charge >= 0.3 is 6.36 Å².